The maximum atomic E-state index is 14.1. The number of piperidine rings is 1. The smallest absolute Gasteiger partial charge is 0.310 e. The summed E-state index contributed by atoms with van der Waals surface area (Å²) in [7, 11) is 1.54. The number of carbonyl (C=O) groups excluding carboxylic acids is 4. The first-order valence-corrected chi connectivity index (χ1v) is 13.3. The van der Waals surface area contributed by atoms with Gasteiger partial charge in [0.2, 0.25) is 18.1 Å². The molecule has 0 radical (unpaired) electrons. The summed E-state index contributed by atoms with van der Waals surface area (Å²) in [6.45, 7) is 9.61. The van der Waals surface area contributed by atoms with Gasteiger partial charge in [-0.2, -0.15) is 0 Å². The fraction of sp³-hybridized carbons (Fsp3) is 0.643. The zero-order chi connectivity index (χ0) is 27.8. The standard InChI is InChI=1S/C28H39N3O7/c1-7-37-27-19(14-21(32)38-27)29-25(34)22-16-11-12-17(13-16)31(22)26(35)23(28(3,4)5)30-24(33)18-9-8-10-20(36-6)15(18)2/h8-10,16-17,19,22-23,27H,7,11-14H2,1-6H3,(H,29,34)(H,30,33)/t16-,17?,19?,22?,23+,27+/m0/s1. The lowest BCUT2D eigenvalue weighted by atomic mass is 9.84. The molecule has 0 spiro atoms. The second-order valence-electron chi connectivity index (χ2n) is 11.5. The topological polar surface area (TPSA) is 123 Å². The second kappa shape index (κ2) is 10.9. The highest BCUT2D eigenvalue weighted by molar-refractivity contribution is 6.00. The van der Waals surface area contributed by atoms with Crippen molar-refractivity contribution in [3.63, 3.8) is 0 Å². The summed E-state index contributed by atoms with van der Waals surface area (Å²) in [6, 6.07) is 2.99. The van der Waals surface area contributed by atoms with Crippen molar-refractivity contribution in [2.24, 2.45) is 11.3 Å². The van der Waals surface area contributed by atoms with E-state index in [2.05, 4.69) is 10.6 Å². The molecular weight excluding hydrogens is 490 g/mol. The highest BCUT2D eigenvalue weighted by Crippen LogP contribution is 2.44. The quantitative estimate of drug-likeness (QED) is 0.496. The highest BCUT2D eigenvalue weighted by Gasteiger charge is 2.54. The van der Waals surface area contributed by atoms with Gasteiger partial charge in [-0.1, -0.05) is 26.8 Å². The predicted molar refractivity (Wildman–Crippen MR) is 138 cm³/mol. The lowest BCUT2D eigenvalue weighted by molar-refractivity contribution is -0.165. The van der Waals surface area contributed by atoms with Gasteiger partial charge >= 0.3 is 5.97 Å². The Bertz CT molecular complexity index is 1100. The van der Waals surface area contributed by atoms with Gasteiger partial charge in [0.25, 0.3) is 5.91 Å². The molecule has 4 rings (SSSR count). The fourth-order valence-corrected chi connectivity index (χ4v) is 5.97. The van der Waals surface area contributed by atoms with Crippen LogP contribution in [0.1, 0.15) is 69.3 Å². The van der Waals surface area contributed by atoms with Gasteiger partial charge in [-0.05, 0) is 56.6 Å². The Kier molecular flexibility index (Phi) is 8.01. The summed E-state index contributed by atoms with van der Waals surface area (Å²) < 4.78 is 16.0. The average Bonchev–Trinajstić information content (AvgIpc) is 3.56. The van der Waals surface area contributed by atoms with E-state index in [9.17, 15) is 19.2 Å². The molecular formula is C28H39N3O7. The normalized spacial score (nSPS) is 27.2. The molecule has 0 aromatic heterocycles. The lowest BCUT2D eigenvalue weighted by Gasteiger charge is -2.40. The van der Waals surface area contributed by atoms with E-state index in [1.165, 1.54) is 0 Å². The van der Waals surface area contributed by atoms with Crippen molar-refractivity contribution in [2.75, 3.05) is 13.7 Å². The number of nitrogens with zero attached hydrogens (tertiary/aromatic N) is 1. The summed E-state index contributed by atoms with van der Waals surface area (Å²) in [6.07, 6.45) is 1.57. The Labute approximate surface area is 223 Å². The largest absolute Gasteiger partial charge is 0.496 e. The molecule has 2 saturated heterocycles. The number of carbonyl (C=O) groups is 4. The molecule has 1 saturated carbocycles. The van der Waals surface area contributed by atoms with Crippen LogP contribution in [0.2, 0.25) is 0 Å². The minimum atomic E-state index is -0.859. The van der Waals surface area contributed by atoms with Crippen molar-refractivity contribution < 1.29 is 33.4 Å². The van der Waals surface area contributed by atoms with E-state index in [1.807, 2.05) is 20.8 Å². The first-order valence-electron chi connectivity index (χ1n) is 13.3. The van der Waals surface area contributed by atoms with E-state index < -0.39 is 35.8 Å². The number of fused-ring (bicyclic) bond motifs is 2. The maximum Gasteiger partial charge on any atom is 0.310 e. The molecule has 1 aromatic carbocycles. The SMILES string of the molecule is CCO[C@@H]1OC(=O)CC1NC(=O)C1[C@H]2CCC(C2)N1C(=O)[C@@H](NC(=O)c1cccc(OC)c1C)C(C)(C)C. The van der Waals surface area contributed by atoms with E-state index in [-0.39, 0.29) is 36.1 Å². The molecule has 38 heavy (non-hydrogen) atoms. The Morgan fingerprint density at radius 1 is 1.21 bits per heavy atom. The van der Waals surface area contributed by atoms with Crippen LogP contribution in [0.25, 0.3) is 0 Å². The zero-order valence-corrected chi connectivity index (χ0v) is 23.0. The molecule has 10 heteroatoms. The molecule has 2 N–H and O–H groups in total. The van der Waals surface area contributed by atoms with Gasteiger partial charge in [-0.25, -0.2) is 0 Å². The van der Waals surface area contributed by atoms with Crippen LogP contribution < -0.4 is 15.4 Å². The number of ether oxygens (including phenoxy) is 3. The number of likely N-dealkylation sites (tertiary alicyclic amines) is 1. The van der Waals surface area contributed by atoms with E-state index in [1.54, 1.807) is 44.1 Å². The summed E-state index contributed by atoms with van der Waals surface area (Å²) in [4.78, 5) is 54.6. The van der Waals surface area contributed by atoms with Crippen LogP contribution in [0.5, 0.6) is 5.75 Å². The number of esters is 1. The van der Waals surface area contributed by atoms with Crippen molar-refractivity contribution in [2.45, 2.75) is 90.8 Å². The zero-order valence-electron chi connectivity index (χ0n) is 23.0. The molecule has 208 valence electrons. The van der Waals surface area contributed by atoms with Gasteiger partial charge in [0, 0.05) is 23.8 Å². The van der Waals surface area contributed by atoms with E-state index in [4.69, 9.17) is 14.2 Å². The maximum absolute atomic E-state index is 14.1. The first kappa shape index (κ1) is 27.9. The minimum absolute atomic E-state index is 0.0180. The molecule has 10 nitrogen and oxygen atoms in total. The third-order valence-electron chi connectivity index (χ3n) is 7.87. The molecule has 3 fully saturated rings. The first-order chi connectivity index (χ1) is 18.0. The van der Waals surface area contributed by atoms with Crippen molar-refractivity contribution in [1.82, 2.24) is 15.5 Å². The third kappa shape index (κ3) is 5.36. The number of rotatable bonds is 8. The molecule has 2 bridgehead atoms. The van der Waals surface area contributed by atoms with E-state index in [0.717, 1.165) is 19.3 Å². The van der Waals surface area contributed by atoms with Crippen LogP contribution >= 0.6 is 0 Å². The molecule has 2 aliphatic heterocycles. The number of methoxy groups -OCH3 is 1. The Balaban J connectivity index is 1.56. The Morgan fingerprint density at radius 2 is 1.95 bits per heavy atom. The summed E-state index contributed by atoms with van der Waals surface area (Å²) >= 11 is 0. The molecule has 3 amide bonds. The minimum Gasteiger partial charge on any atom is -0.496 e. The number of cyclic esters (lactones) is 1. The molecule has 3 aliphatic rings. The van der Waals surface area contributed by atoms with Crippen LogP contribution in [0.4, 0.5) is 0 Å². The van der Waals surface area contributed by atoms with Gasteiger partial charge in [-0.15, -0.1) is 0 Å². The Morgan fingerprint density at radius 3 is 2.61 bits per heavy atom. The van der Waals surface area contributed by atoms with Gasteiger partial charge in [0.15, 0.2) is 0 Å². The van der Waals surface area contributed by atoms with Crippen LogP contribution in [0.3, 0.4) is 0 Å². The number of benzene rings is 1. The van der Waals surface area contributed by atoms with Crippen LogP contribution in [-0.2, 0) is 23.9 Å². The molecule has 3 unspecified atom stereocenters. The predicted octanol–water partition coefficient (Wildman–Crippen LogP) is 2.32. The van der Waals surface area contributed by atoms with Gasteiger partial charge in [0.1, 0.15) is 23.9 Å². The summed E-state index contributed by atoms with van der Waals surface area (Å²) in [5.41, 5.74) is 0.493. The average molecular weight is 530 g/mol. The van der Waals surface area contributed by atoms with Crippen molar-refractivity contribution >= 4 is 23.7 Å². The number of nitrogens with one attached hydrogen (secondary N) is 2. The fourth-order valence-electron chi connectivity index (χ4n) is 5.97. The van der Waals surface area contributed by atoms with Crippen LogP contribution in [-0.4, -0.2) is 72.8 Å². The van der Waals surface area contributed by atoms with Gasteiger partial charge in [0.05, 0.1) is 13.5 Å². The second-order valence-corrected chi connectivity index (χ2v) is 11.5. The summed E-state index contributed by atoms with van der Waals surface area (Å²) in [5, 5.41) is 5.88. The van der Waals surface area contributed by atoms with Crippen molar-refractivity contribution in [3.8, 4) is 5.75 Å². The monoisotopic (exact) mass is 529 g/mol. The molecule has 1 aliphatic carbocycles. The Hall–Kier alpha value is -3.14. The van der Waals surface area contributed by atoms with Gasteiger partial charge < -0.3 is 29.7 Å². The molecule has 1 aromatic rings. The molecule has 6 atom stereocenters. The summed E-state index contributed by atoms with van der Waals surface area (Å²) in [5.74, 6) is -0.798. The third-order valence-corrected chi connectivity index (χ3v) is 7.87. The molecule has 2 heterocycles. The van der Waals surface area contributed by atoms with Crippen molar-refractivity contribution in [1.29, 1.82) is 0 Å². The number of hydrogen-bond donors (Lipinski definition) is 2. The van der Waals surface area contributed by atoms with Crippen LogP contribution in [0, 0.1) is 18.3 Å². The van der Waals surface area contributed by atoms with Crippen LogP contribution in [0.15, 0.2) is 18.2 Å². The number of hydrogen-bond acceptors (Lipinski definition) is 7. The van der Waals surface area contributed by atoms with Gasteiger partial charge in [-0.3, -0.25) is 19.2 Å². The van der Waals surface area contributed by atoms with E-state index >= 15 is 0 Å². The highest BCUT2D eigenvalue weighted by atomic mass is 16.7. The number of amides is 3. The lowest BCUT2D eigenvalue weighted by Crippen LogP contribution is -2.62. The van der Waals surface area contributed by atoms with E-state index in [0.29, 0.717) is 23.5 Å². The van der Waals surface area contributed by atoms with Crippen molar-refractivity contribution in [3.05, 3.63) is 29.3 Å².